The summed E-state index contributed by atoms with van der Waals surface area (Å²) < 4.78 is 38.2. The van der Waals surface area contributed by atoms with Gasteiger partial charge in [-0.2, -0.15) is 13.2 Å². The van der Waals surface area contributed by atoms with Crippen molar-refractivity contribution in [3.63, 3.8) is 0 Å². The normalized spacial score (nSPS) is 15.9. The van der Waals surface area contributed by atoms with Crippen molar-refractivity contribution in [1.82, 2.24) is 14.9 Å². The van der Waals surface area contributed by atoms with Crippen LogP contribution in [0.2, 0.25) is 0 Å². The Labute approximate surface area is 146 Å². The molecule has 2 aromatic rings. The number of likely N-dealkylation sites (tertiary alicyclic amines) is 1. The van der Waals surface area contributed by atoms with E-state index in [9.17, 15) is 28.2 Å². The summed E-state index contributed by atoms with van der Waals surface area (Å²) in [5.41, 5.74) is 0.384. The maximum atomic E-state index is 12.7. The second kappa shape index (κ2) is 6.81. The molecule has 1 aliphatic heterocycles. The smallest absolute Gasteiger partial charge is 0.451 e. The molecule has 1 saturated heterocycles. The summed E-state index contributed by atoms with van der Waals surface area (Å²) in [4.78, 5) is 20.9. The number of amides is 1. The first kappa shape index (κ1) is 18.0. The van der Waals surface area contributed by atoms with Crippen molar-refractivity contribution in [3.8, 4) is 11.5 Å². The molecule has 0 bridgehead atoms. The van der Waals surface area contributed by atoms with Crippen LogP contribution >= 0.6 is 0 Å². The van der Waals surface area contributed by atoms with Crippen LogP contribution in [0.1, 0.15) is 40.6 Å². The molecule has 0 atom stereocenters. The van der Waals surface area contributed by atoms with Crippen molar-refractivity contribution >= 4 is 5.91 Å². The summed E-state index contributed by atoms with van der Waals surface area (Å²) in [7, 11) is 0. The van der Waals surface area contributed by atoms with Gasteiger partial charge in [-0.25, -0.2) is 9.97 Å². The summed E-state index contributed by atoms with van der Waals surface area (Å²) >= 11 is 0. The van der Waals surface area contributed by atoms with E-state index in [1.807, 2.05) is 0 Å². The van der Waals surface area contributed by atoms with E-state index in [0.29, 0.717) is 31.6 Å². The average molecular weight is 367 g/mol. The number of aromatic hydroxyl groups is 2. The van der Waals surface area contributed by atoms with Gasteiger partial charge in [-0.1, -0.05) is 0 Å². The van der Waals surface area contributed by atoms with Crippen molar-refractivity contribution in [2.24, 2.45) is 0 Å². The number of halogens is 3. The second-order valence-electron chi connectivity index (χ2n) is 6.07. The van der Waals surface area contributed by atoms with Crippen LogP contribution in [0.15, 0.2) is 30.5 Å². The Balaban J connectivity index is 1.68. The molecule has 26 heavy (non-hydrogen) atoms. The summed E-state index contributed by atoms with van der Waals surface area (Å²) in [5, 5.41) is 19.1. The molecular weight excluding hydrogens is 351 g/mol. The second-order valence-corrected chi connectivity index (χ2v) is 6.07. The number of carbonyl (C=O) groups is 1. The van der Waals surface area contributed by atoms with E-state index < -0.39 is 12.0 Å². The fraction of sp³-hybridized carbons (Fsp3) is 0.353. The van der Waals surface area contributed by atoms with Crippen molar-refractivity contribution in [3.05, 3.63) is 47.5 Å². The van der Waals surface area contributed by atoms with Gasteiger partial charge in [0, 0.05) is 37.0 Å². The number of benzene rings is 1. The molecule has 0 spiro atoms. The summed E-state index contributed by atoms with van der Waals surface area (Å²) in [6.45, 7) is 0.657. The Morgan fingerprint density at radius 2 is 1.85 bits per heavy atom. The Bertz CT molecular complexity index is 818. The van der Waals surface area contributed by atoms with Crippen LogP contribution < -0.4 is 0 Å². The lowest BCUT2D eigenvalue weighted by Gasteiger charge is -2.32. The Morgan fingerprint density at radius 3 is 2.46 bits per heavy atom. The molecule has 1 aromatic heterocycles. The quantitative estimate of drug-likeness (QED) is 0.852. The highest BCUT2D eigenvalue weighted by Gasteiger charge is 2.35. The van der Waals surface area contributed by atoms with Crippen LogP contribution in [0.3, 0.4) is 0 Å². The molecule has 9 heteroatoms. The van der Waals surface area contributed by atoms with Gasteiger partial charge in [0.05, 0.1) is 5.56 Å². The van der Waals surface area contributed by atoms with Crippen LogP contribution in [-0.4, -0.2) is 44.1 Å². The van der Waals surface area contributed by atoms with Gasteiger partial charge in [0.2, 0.25) is 5.82 Å². The lowest BCUT2D eigenvalue weighted by molar-refractivity contribution is -0.145. The molecule has 1 amide bonds. The third-order valence-corrected chi connectivity index (χ3v) is 4.34. The zero-order valence-electron chi connectivity index (χ0n) is 13.6. The van der Waals surface area contributed by atoms with E-state index >= 15 is 0 Å². The number of rotatable bonds is 2. The summed E-state index contributed by atoms with van der Waals surface area (Å²) in [6.07, 6.45) is -2.59. The van der Waals surface area contributed by atoms with E-state index in [1.165, 1.54) is 23.1 Å². The van der Waals surface area contributed by atoms with Gasteiger partial charge in [0.25, 0.3) is 5.91 Å². The number of hydrogen-bond donors (Lipinski definition) is 2. The lowest BCUT2D eigenvalue weighted by atomic mass is 9.93. The van der Waals surface area contributed by atoms with E-state index in [2.05, 4.69) is 9.97 Å². The Kier molecular flexibility index (Phi) is 4.71. The van der Waals surface area contributed by atoms with Crippen LogP contribution in [0.5, 0.6) is 11.5 Å². The first-order valence-electron chi connectivity index (χ1n) is 7.97. The summed E-state index contributed by atoms with van der Waals surface area (Å²) in [5.74, 6) is -2.22. The maximum Gasteiger partial charge on any atom is 0.451 e. The highest BCUT2D eigenvalue weighted by atomic mass is 19.4. The lowest BCUT2D eigenvalue weighted by Crippen LogP contribution is -2.38. The molecule has 0 radical (unpaired) electrons. The molecule has 2 heterocycles. The van der Waals surface area contributed by atoms with Crippen molar-refractivity contribution < 1.29 is 28.2 Å². The van der Waals surface area contributed by atoms with Crippen molar-refractivity contribution in [2.45, 2.75) is 24.9 Å². The number of phenolic OH excluding ortho intramolecular Hbond substituents is 2. The van der Waals surface area contributed by atoms with E-state index in [1.54, 1.807) is 0 Å². The molecule has 0 aliphatic carbocycles. The average Bonchev–Trinajstić information content (AvgIpc) is 2.61. The van der Waals surface area contributed by atoms with Crippen LogP contribution in [0, 0.1) is 0 Å². The molecule has 1 aliphatic rings. The fourth-order valence-corrected chi connectivity index (χ4v) is 2.99. The van der Waals surface area contributed by atoms with E-state index in [4.69, 9.17) is 0 Å². The topological polar surface area (TPSA) is 86.5 Å². The monoisotopic (exact) mass is 367 g/mol. The van der Waals surface area contributed by atoms with Crippen LogP contribution in [0.25, 0.3) is 0 Å². The zero-order chi connectivity index (χ0) is 18.9. The van der Waals surface area contributed by atoms with Gasteiger partial charge >= 0.3 is 6.18 Å². The molecule has 0 unspecified atom stereocenters. The number of hydrogen-bond acceptors (Lipinski definition) is 5. The number of nitrogens with zero attached hydrogens (tertiary/aromatic N) is 3. The Hall–Kier alpha value is -2.84. The maximum absolute atomic E-state index is 12.7. The first-order valence-corrected chi connectivity index (χ1v) is 7.97. The van der Waals surface area contributed by atoms with Gasteiger partial charge < -0.3 is 15.1 Å². The van der Waals surface area contributed by atoms with Gasteiger partial charge in [-0.15, -0.1) is 0 Å². The van der Waals surface area contributed by atoms with E-state index in [-0.39, 0.29) is 28.9 Å². The highest BCUT2D eigenvalue weighted by Crippen LogP contribution is 2.31. The largest absolute Gasteiger partial charge is 0.508 e. The standard InChI is InChI=1S/C17H16F3N3O3/c18-17(19,20)16-21-6-3-13(22-16)10-4-7-23(8-5-10)15(26)12-2-1-11(24)9-14(12)25/h1-3,6,9-10,24-25H,4-5,7-8H2. The molecule has 0 saturated carbocycles. The zero-order valence-corrected chi connectivity index (χ0v) is 13.6. The number of aromatic nitrogens is 2. The van der Waals surface area contributed by atoms with Gasteiger partial charge in [-0.05, 0) is 31.0 Å². The van der Waals surface area contributed by atoms with Gasteiger partial charge in [0.1, 0.15) is 11.5 Å². The minimum absolute atomic E-state index is 0.0719. The fourth-order valence-electron chi connectivity index (χ4n) is 2.99. The van der Waals surface area contributed by atoms with E-state index in [0.717, 1.165) is 12.3 Å². The van der Waals surface area contributed by atoms with Gasteiger partial charge in [0.15, 0.2) is 0 Å². The summed E-state index contributed by atoms with van der Waals surface area (Å²) in [6, 6.07) is 5.18. The molecule has 6 nitrogen and oxygen atoms in total. The number of alkyl halides is 3. The third kappa shape index (κ3) is 3.71. The predicted molar refractivity (Wildman–Crippen MR) is 84.7 cm³/mol. The molecule has 2 N–H and O–H groups in total. The van der Waals surface area contributed by atoms with Gasteiger partial charge in [-0.3, -0.25) is 4.79 Å². The minimum Gasteiger partial charge on any atom is -0.508 e. The minimum atomic E-state index is -4.59. The SMILES string of the molecule is O=C(c1ccc(O)cc1O)N1CCC(c2ccnc(C(F)(F)F)n2)CC1. The molecule has 1 aromatic carbocycles. The molecule has 1 fully saturated rings. The highest BCUT2D eigenvalue weighted by molar-refractivity contribution is 5.97. The van der Waals surface area contributed by atoms with Crippen molar-refractivity contribution in [2.75, 3.05) is 13.1 Å². The first-order chi connectivity index (χ1) is 12.3. The number of carbonyl (C=O) groups excluding carboxylic acids is 1. The molecular formula is C17H16F3N3O3. The molecule has 3 rings (SSSR count). The molecule has 138 valence electrons. The Morgan fingerprint density at radius 1 is 1.15 bits per heavy atom. The van der Waals surface area contributed by atoms with Crippen LogP contribution in [-0.2, 0) is 6.18 Å². The van der Waals surface area contributed by atoms with Crippen LogP contribution in [0.4, 0.5) is 13.2 Å². The predicted octanol–water partition coefficient (Wildman–Crippen LogP) is 2.93. The third-order valence-electron chi connectivity index (χ3n) is 4.34. The number of phenols is 2. The van der Waals surface area contributed by atoms with Crippen molar-refractivity contribution in [1.29, 1.82) is 0 Å². The number of piperidine rings is 1.